The van der Waals surface area contributed by atoms with E-state index in [1.54, 1.807) is 18.2 Å². The second-order valence-electron chi connectivity index (χ2n) is 3.71. The average Bonchev–Trinajstić information content (AvgIpc) is 2.33. The molecule has 0 amide bonds. The highest BCUT2D eigenvalue weighted by molar-refractivity contribution is 6.50. The van der Waals surface area contributed by atoms with Crippen LogP contribution in [-0.2, 0) is 4.33 Å². The smallest absolute Gasteiger partial charge is 0.168 e. The van der Waals surface area contributed by atoms with Crippen LogP contribution in [0.5, 0.6) is 0 Å². The van der Waals surface area contributed by atoms with Gasteiger partial charge in [-0.25, -0.2) is 4.39 Å². The molecule has 0 aliphatic carbocycles. The van der Waals surface area contributed by atoms with E-state index in [1.807, 2.05) is 0 Å². The van der Waals surface area contributed by atoms with Gasteiger partial charge in [-0.05, 0) is 35.4 Å². The summed E-state index contributed by atoms with van der Waals surface area (Å²) in [7, 11) is 0. The lowest BCUT2D eigenvalue weighted by atomic mass is 10.0. The first kappa shape index (κ1) is 14.0. The van der Waals surface area contributed by atoms with Crippen molar-refractivity contribution in [2.45, 2.75) is 4.33 Å². The highest BCUT2D eigenvalue weighted by atomic mass is 35.5. The minimum absolute atomic E-state index is 0.350. The summed E-state index contributed by atoms with van der Waals surface area (Å²) in [6.07, 6.45) is 0. The summed E-state index contributed by atoms with van der Waals surface area (Å²) in [6, 6.07) is 10.5. The standard InChI is InChI=1S/C13H7Cl4F/c14-11-6-3-9(7-12(11)15)13(16,17)8-1-4-10(18)5-2-8/h1-7H. The third-order valence-corrected chi connectivity index (χ3v) is 4.10. The fourth-order valence-electron chi connectivity index (χ4n) is 1.52. The fourth-order valence-corrected chi connectivity index (χ4v) is 2.30. The Bertz CT molecular complexity index is 564. The second-order valence-corrected chi connectivity index (χ2v) is 5.85. The zero-order valence-electron chi connectivity index (χ0n) is 8.93. The number of hydrogen-bond donors (Lipinski definition) is 0. The maximum Gasteiger partial charge on any atom is 0.168 e. The van der Waals surface area contributed by atoms with Gasteiger partial charge in [-0.3, -0.25) is 0 Å². The van der Waals surface area contributed by atoms with Gasteiger partial charge >= 0.3 is 0 Å². The van der Waals surface area contributed by atoms with Gasteiger partial charge in [-0.1, -0.05) is 64.6 Å². The lowest BCUT2D eigenvalue weighted by molar-refractivity contribution is 0.627. The molecule has 0 aliphatic rings. The van der Waals surface area contributed by atoms with Gasteiger partial charge in [-0.15, -0.1) is 0 Å². The highest BCUT2D eigenvalue weighted by Crippen LogP contribution is 2.42. The van der Waals surface area contributed by atoms with Crippen molar-refractivity contribution < 1.29 is 4.39 Å². The van der Waals surface area contributed by atoms with Crippen LogP contribution in [0.25, 0.3) is 0 Å². The molecule has 18 heavy (non-hydrogen) atoms. The molecule has 2 aromatic rings. The quantitative estimate of drug-likeness (QED) is 0.612. The van der Waals surface area contributed by atoms with E-state index >= 15 is 0 Å². The highest BCUT2D eigenvalue weighted by Gasteiger charge is 2.29. The number of hydrogen-bond acceptors (Lipinski definition) is 0. The summed E-state index contributed by atoms with van der Waals surface area (Å²) < 4.78 is 11.6. The first-order chi connectivity index (χ1) is 8.41. The normalized spacial score (nSPS) is 11.6. The van der Waals surface area contributed by atoms with Gasteiger partial charge in [-0.2, -0.15) is 0 Å². The van der Waals surface area contributed by atoms with E-state index in [4.69, 9.17) is 46.4 Å². The van der Waals surface area contributed by atoms with Gasteiger partial charge < -0.3 is 0 Å². The summed E-state index contributed by atoms with van der Waals surface area (Å²) >= 11 is 24.4. The maximum absolute atomic E-state index is 12.9. The summed E-state index contributed by atoms with van der Waals surface area (Å²) in [5, 5.41) is 0.783. The summed E-state index contributed by atoms with van der Waals surface area (Å²) in [5.74, 6) is -0.350. The Labute approximate surface area is 124 Å². The van der Waals surface area contributed by atoms with Gasteiger partial charge in [0.25, 0.3) is 0 Å². The van der Waals surface area contributed by atoms with Crippen molar-refractivity contribution >= 4 is 46.4 Å². The monoisotopic (exact) mass is 322 g/mol. The van der Waals surface area contributed by atoms with Crippen LogP contribution in [0.3, 0.4) is 0 Å². The molecule has 0 N–H and O–H groups in total. The molecule has 5 heteroatoms. The topological polar surface area (TPSA) is 0 Å². The van der Waals surface area contributed by atoms with E-state index in [0.29, 0.717) is 21.2 Å². The Morgan fingerprint density at radius 2 is 1.33 bits per heavy atom. The molecule has 0 atom stereocenters. The number of rotatable bonds is 2. The van der Waals surface area contributed by atoms with Gasteiger partial charge in [0.15, 0.2) is 4.33 Å². The number of alkyl halides is 2. The zero-order chi connectivity index (χ0) is 13.3. The Balaban J connectivity index is 2.46. The first-order valence-corrected chi connectivity index (χ1v) is 6.52. The summed E-state index contributed by atoms with van der Waals surface area (Å²) in [4.78, 5) is 0. The van der Waals surface area contributed by atoms with E-state index in [2.05, 4.69) is 0 Å². The molecule has 0 saturated carbocycles. The van der Waals surface area contributed by atoms with E-state index in [0.717, 1.165) is 0 Å². The zero-order valence-corrected chi connectivity index (χ0v) is 12.0. The molecule has 0 saturated heterocycles. The molecule has 0 aromatic heterocycles. The van der Waals surface area contributed by atoms with Crippen LogP contribution >= 0.6 is 46.4 Å². The fraction of sp³-hybridized carbons (Fsp3) is 0.0769. The Morgan fingerprint density at radius 3 is 1.89 bits per heavy atom. The van der Waals surface area contributed by atoms with Crippen LogP contribution in [0.4, 0.5) is 4.39 Å². The van der Waals surface area contributed by atoms with Crippen LogP contribution in [0.1, 0.15) is 11.1 Å². The van der Waals surface area contributed by atoms with Crippen LogP contribution in [-0.4, -0.2) is 0 Å². The molecule has 94 valence electrons. The van der Waals surface area contributed by atoms with E-state index in [1.165, 1.54) is 24.3 Å². The van der Waals surface area contributed by atoms with Crippen molar-refractivity contribution in [2.75, 3.05) is 0 Å². The molecule has 0 unspecified atom stereocenters. The number of halogens is 5. The summed E-state index contributed by atoms with van der Waals surface area (Å²) in [6.45, 7) is 0. The van der Waals surface area contributed by atoms with Crippen molar-refractivity contribution in [2.24, 2.45) is 0 Å². The minimum atomic E-state index is -1.30. The molecular weight excluding hydrogens is 317 g/mol. The van der Waals surface area contributed by atoms with Crippen molar-refractivity contribution in [3.05, 3.63) is 69.5 Å². The SMILES string of the molecule is Fc1ccc(C(Cl)(Cl)c2ccc(Cl)c(Cl)c2)cc1. The Hall–Kier alpha value is -0.470. The molecule has 0 fully saturated rings. The van der Waals surface area contributed by atoms with E-state index in [-0.39, 0.29) is 5.82 Å². The third-order valence-electron chi connectivity index (χ3n) is 2.49. The number of benzene rings is 2. The lowest BCUT2D eigenvalue weighted by Crippen LogP contribution is -2.12. The Morgan fingerprint density at radius 1 is 0.778 bits per heavy atom. The molecule has 0 radical (unpaired) electrons. The molecule has 2 rings (SSSR count). The van der Waals surface area contributed by atoms with Crippen molar-refractivity contribution in [3.63, 3.8) is 0 Å². The van der Waals surface area contributed by atoms with Gasteiger partial charge in [0.1, 0.15) is 5.82 Å². The minimum Gasteiger partial charge on any atom is -0.207 e. The van der Waals surface area contributed by atoms with Crippen molar-refractivity contribution in [1.82, 2.24) is 0 Å². The predicted octanol–water partition coefficient (Wildman–Crippen LogP) is 5.81. The van der Waals surface area contributed by atoms with Crippen LogP contribution < -0.4 is 0 Å². The lowest BCUT2D eigenvalue weighted by Gasteiger charge is -2.21. The van der Waals surface area contributed by atoms with Crippen molar-refractivity contribution in [3.8, 4) is 0 Å². The molecule has 0 bridgehead atoms. The largest absolute Gasteiger partial charge is 0.207 e. The second kappa shape index (κ2) is 5.26. The average molecular weight is 324 g/mol. The molecule has 0 spiro atoms. The molecule has 2 aromatic carbocycles. The molecule has 0 aliphatic heterocycles. The van der Waals surface area contributed by atoms with Gasteiger partial charge in [0, 0.05) is 0 Å². The van der Waals surface area contributed by atoms with Gasteiger partial charge in [0.05, 0.1) is 10.0 Å². The van der Waals surface area contributed by atoms with Crippen LogP contribution in [0, 0.1) is 5.82 Å². The maximum atomic E-state index is 12.9. The van der Waals surface area contributed by atoms with E-state index < -0.39 is 4.33 Å². The Kier molecular flexibility index (Phi) is 4.08. The van der Waals surface area contributed by atoms with Crippen molar-refractivity contribution in [1.29, 1.82) is 0 Å². The van der Waals surface area contributed by atoms with Gasteiger partial charge in [0.2, 0.25) is 0 Å². The first-order valence-electron chi connectivity index (χ1n) is 5.00. The van der Waals surface area contributed by atoms with E-state index in [9.17, 15) is 4.39 Å². The third kappa shape index (κ3) is 2.75. The molecular formula is C13H7Cl4F. The molecule has 0 nitrogen and oxygen atoms in total. The summed E-state index contributed by atoms with van der Waals surface area (Å²) in [5.41, 5.74) is 1.14. The van der Waals surface area contributed by atoms with Crippen LogP contribution in [0.2, 0.25) is 10.0 Å². The van der Waals surface area contributed by atoms with Crippen LogP contribution in [0.15, 0.2) is 42.5 Å². The molecule has 0 heterocycles. The predicted molar refractivity (Wildman–Crippen MR) is 75.3 cm³/mol.